The molecule has 0 radical (unpaired) electrons. The number of carbonyl (C=O) groups is 1. The Balaban J connectivity index is 2.09. The van der Waals surface area contributed by atoms with E-state index in [1.165, 1.54) is 0 Å². The van der Waals surface area contributed by atoms with E-state index in [4.69, 9.17) is 5.11 Å². The van der Waals surface area contributed by atoms with E-state index in [-0.39, 0.29) is 18.6 Å². The first-order chi connectivity index (χ1) is 8.72. The largest absolute Gasteiger partial charge is 0.396 e. The van der Waals surface area contributed by atoms with E-state index in [0.717, 1.165) is 11.9 Å². The number of fused-ring (bicyclic) bond motifs is 1. The Bertz CT molecular complexity index is 536. The Morgan fingerprint density at radius 1 is 1.56 bits per heavy atom. The summed E-state index contributed by atoms with van der Waals surface area (Å²) in [7, 11) is 0. The summed E-state index contributed by atoms with van der Waals surface area (Å²) in [5.74, 6) is -0.123. The summed E-state index contributed by atoms with van der Waals surface area (Å²) < 4.78 is 1.67. The second kappa shape index (κ2) is 5.64. The first-order valence-corrected chi connectivity index (χ1v) is 6.06. The van der Waals surface area contributed by atoms with Gasteiger partial charge in [0.15, 0.2) is 0 Å². The van der Waals surface area contributed by atoms with Crippen LogP contribution in [0.4, 0.5) is 0 Å². The predicted molar refractivity (Wildman–Crippen MR) is 68.4 cm³/mol. The molecule has 2 aromatic rings. The van der Waals surface area contributed by atoms with Crippen LogP contribution >= 0.6 is 0 Å². The Labute approximate surface area is 105 Å². The van der Waals surface area contributed by atoms with Crippen molar-refractivity contribution in [2.75, 3.05) is 6.61 Å². The lowest BCUT2D eigenvalue weighted by Gasteiger charge is -2.12. The first kappa shape index (κ1) is 12.6. The minimum Gasteiger partial charge on any atom is -0.396 e. The molecule has 2 aromatic heterocycles. The molecule has 0 aromatic carbocycles. The predicted octanol–water partition coefficient (Wildman–Crippen LogP) is 1.23. The van der Waals surface area contributed by atoms with Crippen molar-refractivity contribution in [3.8, 4) is 0 Å². The maximum Gasteiger partial charge on any atom is 0.255 e. The molecule has 0 aliphatic heterocycles. The Kier molecular flexibility index (Phi) is 3.94. The van der Waals surface area contributed by atoms with Crippen molar-refractivity contribution >= 4 is 11.4 Å². The number of nitrogens with one attached hydrogen (secondary N) is 1. The zero-order chi connectivity index (χ0) is 13.0. The van der Waals surface area contributed by atoms with Gasteiger partial charge in [0.2, 0.25) is 0 Å². The molecule has 1 atom stereocenters. The third-order valence-corrected chi connectivity index (χ3v) is 2.84. The molecule has 5 heteroatoms. The minimum absolute atomic E-state index is 0.0447. The van der Waals surface area contributed by atoms with Gasteiger partial charge in [0.25, 0.3) is 5.91 Å². The molecule has 1 unspecified atom stereocenters. The molecule has 18 heavy (non-hydrogen) atoms. The maximum atomic E-state index is 12.1. The molecule has 0 aliphatic carbocycles. The maximum absolute atomic E-state index is 12.1. The van der Waals surface area contributed by atoms with Gasteiger partial charge < -0.3 is 10.4 Å². The number of carbonyl (C=O) groups excluding carboxylic acids is 1. The standard InChI is InChI=1S/C13H17N3O2/c1-10(5-4-8-17)15-13(18)11-9-14-16-7-3-2-6-12(11)16/h2-3,6-7,9-10,17H,4-5,8H2,1H3,(H,15,18). The number of aromatic nitrogens is 2. The van der Waals surface area contributed by atoms with Crippen molar-refractivity contribution in [2.24, 2.45) is 0 Å². The number of amides is 1. The monoisotopic (exact) mass is 247 g/mol. The van der Waals surface area contributed by atoms with Crippen molar-refractivity contribution in [1.82, 2.24) is 14.9 Å². The fourth-order valence-electron chi connectivity index (χ4n) is 1.88. The van der Waals surface area contributed by atoms with Crippen molar-refractivity contribution in [3.63, 3.8) is 0 Å². The molecule has 2 heterocycles. The molecule has 0 fully saturated rings. The third-order valence-electron chi connectivity index (χ3n) is 2.84. The number of aliphatic hydroxyl groups excluding tert-OH is 1. The molecule has 0 saturated carbocycles. The van der Waals surface area contributed by atoms with E-state index in [9.17, 15) is 4.79 Å². The van der Waals surface area contributed by atoms with E-state index >= 15 is 0 Å². The zero-order valence-electron chi connectivity index (χ0n) is 10.3. The van der Waals surface area contributed by atoms with Gasteiger partial charge in [-0.25, -0.2) is 4.52 Å². The Morgan fingerprint density at radius 3 is 3.17 bits per heavy atom. The van der Waals surface area contributed by atoms with E-state index in [2.05, 4.69) is 10.4 Å². The first-order valence-electron chi connectivity index (χ1n) is 6.06. The van der Waals surface area contributed by atoms with E-state index < -0.39 is 0 Å². The van der Waals surface area contributed by atoms with Gasteiger partial charge in [0, 0.05) is 18.8 Å². The number of aliphatic hydroxyl groups is 1. The fourth-order valence-corrected chi connectivity index (χ4v) is 1.88. The van der Waals surface area contributed by atoms with Crippen LogP contribution in [0.25, 0.3) is 5.52 Å². The van der Waals surface area contributed by atoms with Crippen LogP contribution in [0.2, 0.25) is 0 Å². The van der Waals surface area contributed by atoms with Gasteiger partial charge in [-0.2, -0.15) is 5.10 Å². The lowest BCUT2D eigenvalue weighted by Crippen LogP contribution is -2.32. The second-order valence-corrected chi connectivity index (χ2v) is 4.33. The van der Waals surface area contributed by atoms with Gasteiger partial charge in [-0.05, 0) is 31.9 Å². The lowest BCUT2D eigenvalue weighted by atomic mass is 10.1. The number of hydrogen-bond donors (Lipinski definition) is 2. The number of pyridine rings is 1. The quantitative estimate of drug-likeness (QED) is 0.835. The third kappa shape index (κ3) is 2.68. The highest BCUT2D eigenvalue weighted by molar-refractivity contribution is 6.00. The van der Waals surface area contributed by atoms with Gasteiger partial charge in [0.05, 0.1) is 17.3 Å². The van der Waals surface area contributed by atoms with Gasteiger partial charge in [-0.15, -0.1) is 0 Å². The van der Waals surface area contributed by atoms with Gasteiger partial charge in [-0.3, -0.25) is 4.79 Å². The molecule has 1 amide bonds. The molecular weight excluding hydrogens is 230 g/mol. The van der Waals surface area contributed by atoms with Crippen molar-refractivity contribution < 1.29 is 9.90 Å². The molecular formula is C13H17N3O2. The summed E-state index contributed by atoms with van der Waals surface area (Å²) in [6.07, 6.45) is 4.84. The van der Waals surface area contributed by atoms with Crippen LogP contribution in [0.1, 0.15) is 30.1 Å². The number of nitrogens with zero attached hydrogens (tertiary/aromatic N) is 2. The Hall–Kier alpha value is -1.88. The topological polar surface area (TPSA) is 66.6 Å². The van der Waals surface area contributed by atoms with Crippen LogP contribution in [0, 0.1) is 0 Å². The van der Waals surface area contributed by atoms with Gasteiger partial charge in [-0.1, -0.05) is 6.07 Å². The summed E-state index contributed by atoms with van der Waals surface area (Å²) in [5.41, 5.74) is 1.37. The lowest BCUT2D eigenvalue weighted by molar-refractivity contribution is 0.0938. The van der Waals surface area contributed by atoms with Crippen LogP contribution in [0.5, 0.6) is 0 Å². The molecule has 2 rings (SSSR count). The average Bonchev–Trinajstić information content (AvgIpc) is 2.80. The normalized spacial score (nSPS) is 12.6. The van der Waals surface area contributed by atoms with Gasteiger partial charge in [0.1, 0.15) is 0 Å². The smallest absolute Gasteiger partial charge is 0.255 e. The zero-order valence-corrected chi connectivity index (χ0v) is 10.3. The molecule has 0 aliphatic rings. The second-order valence-electron chi connectivity index (χ2n) is 4.33. The highest BCUT2D eigenvalue weighted by Crippen LogP contribution is 2.10. The molecule has 96 valence electrons. The number of rotatable bonds is 5. The SMILES string of the molecule is CC(CCCO)NC(=O)c1cnn2ccccc12. The fraction of sp³-hybridized carbons (Fsp3) is 0.385. The molecule has 0 bridgehead atoms. The molecule has 5 nitrogen and oxygen atoms in total. The summed E-state index contributed by atoms with van der Waals surface area (Å²) in [5, 5.41) is 15.8. The van der Waals surface area contributed by atoms with Crippen LogP contribution < -0.4 is 5.32 Å². The van der Waals surface area contributed by atoms with Gasteiger partial charge >= 0.3 is 0 Å². The van der Waals surface area contributed by atoms with Crippen LogP contribution in [0.3, 0.4) is 0 Å². The molecule has 0 saturated heterocycles. The van der Waals surface area contributed by atoms with E-state index in [1.807, 2.05) is 25.1 Å². The summed E-state index contributed by atoms with van der Waals surface area (Å²) >= 11 is 0. The summed E-state index contributed by atoms with van der Waals surface area (Å²) in [6, 6.07) is 5.65. The van der Waals surface area contributed by atoms with Crippen molar-refractivity contribution in [3.05, 3.63) is 36.2 Å². The number of hydrogen-bond acceptors (Lipinski definition) is 3. The molecule has 2 N–H and O–H groups in total. The molecule has 0 spiro atoms. The van der Waals surface area contributed by atoms with Crippen molar-refractivity contribution in [2.45, 2.75) is 25.8 Å². The minimum atomic E-state index is -0.123. The van der Waals surface area contributed by atoms with Crippen LogP contribution in [-0.2, 0) is 0 Å². The highest BCUT2D eigenvalue weighted by atomic mass is 16.3. The Morgan fingerprint density at radius 2 is 2.39 bits per heavy atom. The average molecular weight is 247 g/mol. The summed E-state index contributed by atoms with van der Waals surface area (Å²) in [6.45, 7) is 2.08. The highest BCUT2D eigenvalue weighted by Gasteiger charge is 2.14. The van der Waals surface area contributed by atoms with Crippen molar-refractivity contribution in [1.29, 1.82) is 0 Å². The van der Waals surface area contributed by atoms with Crippen LogP contribution in [-0.4, -0.2) is 33.3 Å². The summed E-state index contributed by atoms with van der Waals surface area (Å²) in [4.78, 5) is 12.1. The van der Waals surface area contributed by atoms with E-state index in [1.54, 1.807) is 16.9 Å². The van der Waals surface area contributed by atoms with Crippen LogP contribution in [0.15, 0.2) is 30.6 Å². The van der Waals surface area contributed by atoms with E-state index in [0.29, 0.717) is 12.0 Å².